The Hall–Kier alpha value is -1.59. The van der Waals surface area contributed by atoms with Gasteiger partial charge in [-0.2, -0.15) is 0 Å². The Bertz CT molecular complexity index is 526. The van der Waals surface area contributed by atoms with Crippen LogP contribution in [0.4, 0.5) is 0 Å². The smallest absolute Gasteiger partial charge is 0.266 e. The van der Waals surface area contributed by atoms with Gasteiger partial charge in [0.25, 0.3) is 5.91 Å². The van der Waals surface area contributed by atoms with Gasteiger partial charge in [-0.25, -0.2) is 0 Å². The Kier molecular flexibility index (Phi) is 2.49. The van der Waals surface area contributed by atoms with Gasteiger partial charge in [-0.1, -0.05) is 0 Å². The molecular formula is C12H12N2O2S. The zero-order valence-corrected chi connectivity index (χ0v) is 9.93. The van der Waals surface area contributed by atoms with Gasteiger partial charge in [0.2, 0.25) is 0 Å². The summed E-state index contributed by atoms with van der Waals surface area (Å²) in [6.45, 7) is 0.893. The van der Waals surface area contributed by atoms with Gasteiger partial charge in [-0.05, 0) is 23.6 Å². The van der Waals surface area contributed by atoms with E-state index in [0.717, 1.165) is 10.6 Å². The van der Waals surface area contributed by atoms with Gasteiger partial charge in [-0.15, -0.1) is 11.3 Å². The summed E-state index contributed by atoms with van der Waals surface area (Å²) in [5.41, 5.74) is 0.909. The molecule has 17 heavy (non-hydrogen) atoms. The molecule has 1 saturated heterocycles. The highest BCUT2D eigenvalue weighted by Gasteiger charge is 2.31. The molecule has 1 fully saturated rings. The fourth-order valence-corrected chi connectivity index (χ4v) is 2.78. The number of thiophene rings is 1. The van der Waals surface area contributed by atoms with Crippen LogP contribution in [-0.2, 0) is 0 Å². The zero-order valence-electron chi connectivity index (χ0n) is 9.11. The van der Waals surface area contributed by atoms with Crippen molar-refractivity contribution in [2.75, 3.05) is 13.1 Å². The summed E-state index contributed by atoms with van der Waals surface area (Å²) in [6.07, 6.45) is 3.49. The van der Waals surface area contributed by atoms with E-state index in [1.807, 2.05) is 40.5 Å². The predicted molar refractivity (Wildman–Crippen MR) is 65.6 cm³/mol. The molecule has 0 spiro atoms. The lowest BCUT2D eigenvalue weighted by molar-refractivity contribution is 0.00623. The van der Waals surface area contributed by atoms with Gasteiger partial charge in [0.1, 0.15) is 4.88 Å². The van der Waals surface area contributed by atoms with Crippen LogP contribution < -0.4 is 0 Å². The maximum Gasteiger partial charge on any atom is 0.266 e. The third-order valence-corrected chi connectivity index (χ3v) is 3.76. The molecule has 0 aromatic carbocycles. The minimum absolute atomic E-state index is 0.00833. The lowest BCUT2D eigenvalue weighted by Gasteiger charge is -2.35. The normalized spacial score (nSPS) is 15.9. The van der Waals surface area contributed by atoms with E-state index in [0.29, 0.717) is 13.1 Å². The van der Waals surface area contributed by atoms with Crippen LogP contribution in [0.25, 0.3) is 5.69 Å². The quantitative estimate of drug-likeness (QED) is 0.872. The predicted octanol–water partition coefficient (Wildman–Crippen LogP) is 1.36. The van der Waals surface area contributed by atoms with Gasteiger partial charge in [0.05, 0.1) is 11.8 Å². The molecule has 3 heterocycles. The van der Waals surface area contributed by atoms with Gasteiger partial charge in [0.15, 0.2) is 0 Å². The van der Waals surface area contributed by atoms with Crippen LogP contribution in [0, 0.1) is 0 Å². The Morgan fingerprint density at radius 2 is 2.06 bits per heavy atom. The molecule has 0 unspecified atom stereocenters. The van der Waals surface area contributed by atoms with Gasteiger partial charge >= 0.3 is 0 Å². The van der Waals surface area contributed by atoms with Crippen LogP contribution in [0.2, 0.25) is 0 Å². The van der Waals surface area contributed by atoms with E-state index in [-0.39, 0.29) is 12.0 Å². The third-order valence-electron chi connectivity index (χ3n) is 2.87. The molecule has 1 N–H and O–H groups in total. The largest absolute Gasteiger partial charge is 0.389 e. The highest BCUT2D eigenvalue weighted by Crippen LogP contribution is 2.24. The number of nitrogens with zero attached hydrogens (tertiary/aromatic N) is 2. The maximum atomic E-state index is 12.2. The SMILES string of the molecule is O=C(c1sccc1-n1cccc1)N1CC(O)C1. The minimum atomic E-state index is -0.353. The molecule has 0 bridgehead atoms. The molecule has 88 valence electrons. The number of amides is 1. The number of β-amino-alcohol motifs (C(OH)–C–C–N with tert-alkyl or cyclic N) is 1. The number of hydrogen-bond donors (Lipinski definition) is 1. The number of carbonyl (C=O) groups is 1. The van der Waals surface area contributed by atoms with E-state index in [1.165, 1.54) is 11.3 Å². The maximum absolute atomic E-state index is 12.2. The first-order valence-electron chi connectivity index (χ1n) is 5.44. The Balaban J connectivity index is 1.89. The monoisotopic (exact) mass is 248 g/mol. The van der Waals surface area contributed by atoms with Crippen molar-refractivity contribution in [1.29, 1.82) is 0 Å². The van der Waals surface area contributed by atoms with E-state index < -0.39 is 0 Å². The number of aromatic nitrogens is 1. The fourth-order valence-electron chi connectivity index (χ4n) is 1.93. The summed E-state index contributed by atoms with van der Waals surface area (Å²) < 4.78 is 1.93. The fraction of sp³-hybridized carbons (Fsp3) is 0.250. The molecule has 3 rings (SSSR count). The Labute approximate surface area is 103 Å². The van der Waals surface area contributed by atoms with Crippen LogP contribution in [-0.4, -0.2) is 39.7 Å². The topological polar surface area (TPSA) is 45.5 Å². The first-order chi connectivity index (χ1) is 8.25. The molecule has 0 saturated carbocycles. The summed E-state index contributed by atoms with van der Waals surface area (Å²) in [5.74, 6) is 0.00833. The molecule has 0 radical (unpaired) electrons. The molecule has 4 nitrogen and oxygen atoms in total. The van der Waals surface area contributed by atoms with E-state index in [9.17, 15) is 9.90 Å². The first kappa shape index (κ1) is 10.6. The van der Waals surface area contributed by atoms with Crippen molar-refractivity contribution in [3.8, 4) is 5.69 Å². The number of aliphatic hydroxyl groups is 1. The molecule has 2 aromatic rings. The van der Waals surface area contributed by atoms with Crippen LogP contribution in [0.1, 0.15) is 9.67 Å². The second-order valence-corrected chi connectivity index (χ2v) is 5.01. The number of aliphatic hydroxyl groups excluding tert-OH is 1. The molecule has 1 amide bonds. The molecule has 1 aliphatic rings. The number of rotatable bonds is 2. The standard InChI is InChI=1S/C12H12N2O2S/c15-9-7-14(8-9)12(16)11-10(3-6-17-11)13-4-1-2-5-13/h1-6,9,15H,7-8H2. The van der Waals surface area contributed by atoms with Crippen molar-refractivity contribution in [2.45, 2.75) is 6.10 Å². The molecular weight excluding hydrogens is 236 g/mol. The summed E-state index contributed by atoms with van der Waals surface area (Å²) in [6, 6.07) is 5.80. The van der Waals surface area contributed by atoms with Gasteiger partial charge in [-0.3, -0.25) is 4.79 Å². The number of hydrogen-bond acceptors (Lipinski definition) is 3. The average Bonchev–Trinajstić information content (AvgIpc) is 2.92. The molecule has 0 aliphatic carbocycles. The van der Waals surface area contributed by atoms with E-state index in [1.54, 1.807) is 4.90 Å². The van der Waals surface area contributed by atoms with E-state index in [2.05, 4.69) is 0 Å². The van der Waals surface area contributed by atoms with Crippen molar-refractivity contribution >= 4 is 17.2 Å². The molecule has 0 atom stereocenters. The van der Waals surface area contributed by atoms with Crippen LogP contribution in [0.15, 0.2) is 36.0 Å². The number of carbonyl (C=O) groups excluding carboxylic acids is 1. The second-order valence-electron chi connectivity index (χ2n) is 4.09. The average molecular weight is 248 g/mol. The highest BCUT2D eigenvalue weighted by atomic mass is 32.1. The lowest BCUT2D eigenvalue weighted by Crippen LogP contribution is -2.53. The summed E-state index contributed by atoms with van der Waals surface area (Å²) in [4.78, 5) is 14.6. The van der Waals surface area contributed by atoms with E-state index in [4.69, 9.17) is 0 Å². The number of likely N-dealkylation sites (tertiary alicyclic amines) is 1. The van der Waals surface area contributed by atoms with Crippen LogP contribution in [0.5, 0.6) is 0 Å². The first-order valence-corrected chi connectivity index (χ1v) is 6.32. The van der Waals surface area contributed by atoms with E-state index >= 15 is 0 Å². The van der Waals surface area contributed by atoms with Gasteiger partial charge in [0, 0.05) is 25.5 Å². The van der Waals surface area contributed by atoms with Crippen molar-refractivity contribution < 1.29 is 9.90 Å². The highest BCUT2D eigenvalue weighted by molar-refractivity contribution is 7.12. The Morgan fingerprint density at radius 1 is 1.35 bits per heavy atom. The summed E-state index contributed by atoms with van der Waals surface area (Å²) in [5, 5.41) is 11.1. The molecule has 1 aliphatic heterocycles. The zero-order chi connectivity index (χ0) is 11.8. The molecule has 5 heteroatoms. The summed E-state index contributed by atoms with van der Waals surface area (Å²) >= 11 is 1.44. The van der Waals surface area contributed by atoms with Crippen molar-refractivity contribution in [1.82, 2.24) is 9.47 Å². The second kappa shape index (κ2) is 4.01. The third kappa shape index (κ3) is 1.77. The van der Waals surface area contributed by atoms with Crippen molar-refractivity contribution in [3.05, 3.63) is 40.8 Å². The summed E-state index contributed by atoms with van der Waals surface area (Å²) in [7, 11) is 0. The Morgan fingerprint density at radius 3 is 2.71 bits per heavy atom. The van der Waals surface area contributed by atoms with Gasteiger partial charge < -0.3 is 14.6 Å². The van der Waals surface area contributed by atoms with Crippen LogP contribution >= 0.6 is 11.3 Å². The molecule has 2 aromatic heterocycles. The van der Waals surface area contributed by atoms with Crippen LogP contribution in [0.3, 0.4) is 0 Å². The van der Waals surface area contributed by atoms with Crippen molar-refractivity contribution in [3.63, 3.8) is 0 Å². The lowest BCUT2D eigenvalue weighted by atomic mass is 10.1. The minimum Gasteiger partial charge on any atom is -0.389 e. The van der Waals surface area contributed by atoms with Crippen molar-refractivity contribution in [2.24, 2.45) is 0 Å².